The van der Waals surface area contributed by atoms with Crippen molar-refractivity contribution in [3.05, 3.63) is 42.0 Å². The average molecular weight is 448 g/mol. The summed E-state index contributed by atoms with van der Waals surface area (Å²) in [4.78, 5) is 24.5. The molecule has 9 heteroatoms. The van der Waals surface area contributed by atoms with Crippen molar-refractivity contribution in [2.45, 2.75) is 50.6 Å². The predicted molar refractivity (Wildman–Crippen MR) is 116 cm³/mol. The predicted octanol–water partition coefficient (Wildman–Crippen LogP) is 2.27. The van der Waals surface area contributed by atoms with Crippen LogP contribution >= 0.6 is 0 Å². The molecule has 168 valence electrons. The van der Waals surface area contributed by atoms with Crippen LogP contribution in [0.2, 0.25) is 0 Å². The fourth-order valence-electron chi connectivity index (χ4n) is 3.67. The van der Waals surface area contributed by atoms with Crippen molar-refractivity contribution in [2.75, 3.05) is 18.9 Å². The summed E-state index contributed by atoms with van der Waals surface area (Å²) in [6, 6.07) is 6.78. The first kappa shape index (κ1) is 21.8. The number of amides is 3. The minimum absolute atomic E-state index is 0.0379. The van der Waals surface area contributed by atoms with E-state index in [1.54, 1.807) is 19.1 Å². The number of benzene rings is 1. The van der Waals surface area contributed by atoms with E-state index in [9.17, 15) is 18.0 Å². The van der Waals surface area contributed by atoms with Crippen LogP contribution in [-0.4, -0.2) is 50.2 Å². The summed E-state index contributed by atoms with van der Waals surface area (Å²) in [5.74, 6) is 1.09. The van der Waals surface area contributed by atoms with Gasteiger partial charge in [-0.15, -0.1) is 0 Å². The van der Waals surface area contributed by atoms with Crippen molar-refractivity contribution in [1.29, 1.82) is 0 Å². The van der Waals surface area contributed by atoms with Crippen LogP contribution in [0.3, 0.4) is 0 Å². The van der Waals surface area contributed by atoms with Gasteiger partial charge in [-0.25, -0.2) is 17.9 Å². The number of hydrogen-bond acceptors (Lipinski definition) is 5. The van der Waals surface area contributed by atoms with Crippen LogP contribution in [0, 0.1) is 5.92 Å². The van der Waals surface area contributed by atoms with E-state index < -0.39 is 27.6 Å². The van der Waals surface area contributed by atoms with Gasteiger partial charge in [0.05, 0.1) is 17.9 Å². The molecule has 1 aliphatic heterocycles. The Kier molecular flexibility index (Phi) is 6.07. The first-order valence-electron chi connectivity index (χ1n) is 10.8. The lowest BCUT2D eigenvalue weighted by Gasteiger charge is -2.19. The Labute approximate surface area is 183 Å². The molecular formula is C22H29N3O5S. The van der Waals surface area contributed by atoms with Crippen LogP contribution in [0.15, 0.2) is 36.4 Å². The SMILES string of the molecule is C[C@H]1C(=O)NC(=O)N1C/C=C/CCS(=O)(=O)NC1(c2cccc(OCC3CC3)c2)CC1. The molecule has 2 saturated carbocycles. The lowest BCUT2D eigenvalue weighted by Crippen LogP contribution is -2.36. The quantitative estimate of drug-likeness (QED) is 0.400. The number of hydrogen-bond donors (Lipinski definition) is 2. The van der Waals surface area contributed by atoms with Crippen LogP contribution in [0.1, 0.15) is 44.6 Å². The minimum atomic E-state index is -3.47. The van der Waals surface area contributed by atoms with E-state index in [0.29, 0.717) is 12.3 Å². The van der Waals surface area contributed by atoms with Gasteiger partial charge >= 0.3 is 6.03 Å². The Morgan fingerprint density at radius 2 is 2.03 bits per heavy atom. The summed E-state index contributed by atoms with van der Waals surface area (Å²) in [5, 5.41) is 2.25. The lowest BCUT2D eigenvalue weighted by molar-refractivity contribution is -0.120. The van der Waals surface area contributed by atoms with Crippen molar-refractivity contribution >= 4 is 22.0 Å². The minimum Gasteiger partial charge on any atom is -0.493 e. The third-order valence-electron chi connectivity index (χ3n) is 6.03. The number of allylic oxidation sites excluding steroid dienone is 1. The molecule has 31 heavy (non-hydrogen) atoms. The maximum atomic E-state index is 12.6. The number of urea groups is 1. The molecule has 1 aromatic rings. The van der Waals surface area contributed by atoms with Gasteiger partial charge in [-0.1, -0.05) is 24.3 Å². The zero-order chi connectivity index (χ0) is 22.1. The standard InChI is InChI=1S/C22H29N3O5S/c1-16-20(26)23-21(27)25(16)12-3-2-4-13-31(28,29)24-22(10-11-22)18-6-5-7-19(14-18)30-15-17-8-9-17/h2-3,5-7,14,16-17,24H,4,8-13,15H2,1H3,(H,23,26,27)/b3-2+/t16-/m0/s1. The van der Waals surface area contributed by atoms with Crippen LogP contribution in [0.5, 0.6) is 5.75 Å². The van der Waals surface area contributed by atoms with Crippen LogP contribution in [-0.2, 0) is 20.4 Å². The Balaban J connectivity index is 1.28. The Bertz CT molecular complexity index is 983. The number of carbonyl (C=O) groups excluding carboxylic acids is 2. The topological polar surface area (TPSA) is 105 Å². The largest absolute Gasteiger partial charge is 0.493 e. The summed E-state index contributed by atoms with van der Waals surface area (Å²) in [6.07, 6.45) is 7.76. The van der Waals surface area contributed by atoms with Crippen molar-refractivity contribution in [2.24, 2.45) is 5.92 Å². The van der Waals surface area contributed by atoms with E-state index in [1.165, 1.54) is 17.7 Å². The first-order valence-corrected chi connectivity index (χ1v) is 12.4. The van der Waals surface area contributed by atoms with E-state index in [-0.39, 0.29) is 18.2 Å². The van der Waals surface area contributed by atoms with Crippen LogP contribution < -0.4 is 14.8 Å². The van der Waals surface area contributed by atoms with E-state index in [2.05, 4.69) is 10.0 Å². The molecule has 0 unspecified atom stereocenters. The molecule has 0 aromatic heterocycles. The van der Waals surface area contributed by atoms with Gasteiger partial charge in [0.25, 0.3) is 5.91 Å². The van der Waals surface area contributed by atoms with E-state index >= 15 is 0 Å². The molecule has 4 rings (SSSR count). The molecule has 0 radical (unpaired) electrons. The smallest absolute Gasteiger partial charge is 0.325 e. The Morgan fingerprint density at radius 1 is 1.26 bits per heavy atom. The highest BCUT2D eigenvalue weighted by atomic mass is 32.2. The molecule has 0 bridgehead atoms. The molecule has 0 spiro atoms. The highest BCUT2D eigenvalue weighted by molar-refractivity contribution is 7.89. The Hall–Kier alpha value is -2.39. The molecule has 1 aromatic carbocycles. The van der Waals surface area contributed by atoms with Crippen LogP contribution in [0.4, 0.5) is 4.79 Å². The number of imide groups is 1. The molecule has 8 nitrogen and oxygen atoms in total. The van der Waals surface area contributed by atoms with Gasteiger partial charge in [0.1, 0.15) is 11.8 Å². The number of nitrogens with one attached hydrogen (secondary N) is 2. The van der Waals surface area contributed by atoms with Crippen molar-refractivity contribution in [3.8, 4) is 5.75 Å². The molecule has 2 N–H and O–H groups in total. The highest BCUT2D eigenvalue weighted by Crippen LogP contribution is 2.47. The zero-order valence-electron chi connectivity index (χ0n) is 17.7. The normalized spacial score (nSPS) is 22.7. The van der Waals surface area contributed by atoms with Gasteiger partial charge in [-0.3, -0.25) is 10.1 Å². The van der Waals surface area contributed by atoms with Gasteiger partial charge in [0, 0.05) is 6.54 Å². The molecule has 1 heterocycles. The maximum absolute atomic E-state index is 12.6. The number of sulfonamides is 1. The third-order valence-corrected chi connectivity index (χ3v) is 7.50. The number of carbonyl (C=O) groups is 2. The maximum Gasteiger partial charge on any atom is 0.325 e. The van der Waals surface area contributed by atoms with Crippen molar-refractivity contribution in [1.82, 2.24) is 14.9 Å². The lowest BCUT2D eigenvalue weighted by atomic mass is 10.1. The molecule has 3 amide bonds. The fraction of sp³-hybridized carbons (Fsp3) is 0.545. The summed E-state index contributed by atoms with van der Waals surface area (Å²) in [7, 11) is -3.47. The van der Waals surface area contributed by atoms with Gasteiger partial charge in [-0.05, 0) is 62.6 Å². The van der Waals surface area contributed by atoms with E-state index in [1.807, 2.05) is 24.3 Å². The molecule has 1 saturated heterocycles. The summed E-state index contributed by atoms with van der Waals surface area (Å²) < 4.78 is 34.0. The second kappa shape index (κ2) is 8.63. The summed E-state index contributed by atoms with van der Waals surface area (Å²) >= 11 is 0. The van der Waals surface area contributed by atoms with Gasteiger partial charge in [0.15, 0.2) is 0 Å². The van der Waals surface area contributed by atoms with Gasteiger partial charge < -0.3 is 9.64 Å². The fourth-order valence-corrected chi connectivity index (χ4v) is 5.14. The van der Waals surface area contributed by atoms with Crippen molar-refractivity contribution < 1.29 is 22.7 Å². The van der Waals surface area contributed by atoms with E-state index in [4.69, 9.17) is 4.74 Å². The van der Waals surface area contributed by atoms with Crippen LogP contribution in [0.25, 0.3) is 0 Å². The van der Waals surface area contributed by atoms with Gasteiger partial charge in [0.2, 0.25) is 10.0 Å². The van der Waals surface area contributed by atoms with E-state index in [0.717, 1.165) is 30.8 Å². The second-order valence-electron chi connectivity index (χ2n) is 8.67. The van der Waals surface area contributed by atoms with Crippen molar-refractivity contribution in [3.63, 3.8) is 0 Å². The zero-order valence-corrected chi connectivity index (χ0v) is 18.5. The highest BCUT2D eigenvalue weighted by Gasteiger charge is 2.47. The number of nitrogens with zero attached hydrogens (tertiary/aromatic N) is 1. The van der Waals surface area contributed by atoms with Gasteiger partial charge in [-0.2, -0.15) is 0 Å². The number of ether oxygens (including phenoxy) is 1. The second-order valence-corrected chi connectivity index (χ2v) is 10.5. The number of rotatable bonds is 11. The molecular weight excluding hydrogens is 418 g/mol. The molecule has 3 aliphatic rings. The molecule has 1 atom stereocenters. The first-order chi connectivity index (χ1) is 14.8. The summed E-state index contributed by atoms with van der Waals surface area (Å²) in [6.45, 7) is 2.65. The third kappa shape index (κ3) is 5.46. The average Bonchev–Trinajstić information content (AvgIpc) is 3.64. The Morgan fingerprint density at radius 3 is 2.68 bits per heavy atom. The molecule has 2 aliphatic carbocycles. The monoisotopic (exact) mass is 447 g/mol. The molecule has 3 fully saturated rings. The summed E-state index contributed by atoms with van der Waals surface area (Å²) in [5.41, 5.74) is 0.406.